The van der Waals surface area contributed by atoms with Crippen molar-refractivity contribution >= 4 is 12.6 Å². The molecule has 0 rings (SSSR count). The second-order valence-corrected chi connectivity index (χ2v) is 3.45. The second-order valence-electron chi connectivity index (χ2n) is 3.00. The van der Waals surface area contributed by atoms with Crippen LogP contribution in [0.2, 0.25) is 0 Å². The van der Waals surface area contributed by atoms with Crippen molar-refractivity contribution in [2.75, 3.05) is 5.75 Å². The summed E-state index contributed by atoms with van der Waals surface area (Å²) in [6.45, 7) is 6.08. The minimum absolute atomic E-state index is 0.738. The van der Waals surface area contributed by atoms with Gasteiger partial charge < -0.3 is 0 Å². The summed E-state index contributed by atoms with van der Waals surface area (Å²) >= 11 is 4.19. The molecular weight excluding hydrogens is 152 g/mol. The summed E-state index contributed by atoms with van der Waals surface area (Å²) < 4.78 is 0. The number of hydrogen-bond acceptors (Lipinski definition) is 1. The van der Waals surface area contributed by atoms with E-state index in [1.54, 1.807) is 0 Å². The minimum atomic E-state index is 0.738. The van der Waals surface area contributed by atoms with E-state index in [1.165, 1.54) is 32.1 Å². The summed E-state index contributed by atoms with van der Waals surface area (Å²) in [5, 5.41) is 0. The van der Waals surface area contributed by atoms with E-state index in [1.807, 2.05) is 0 Å². The Balaban J connectivity index is 3.33. The standard InChI is InChI=1S/C10H20S/c1-3-5-7-10(4-2)8-6-9-11/h4,10-11H,2-3,5-9H2,1H3. The third kappa shape index (κ3) is 6.49. The topological polar surface area (TPSA) is 0 Å². The molecule has 0 aliphatic rings. The van der Waals surface area contributed by atoms with Crippen LogP contribution in [0.4, 0.5) is 0 Å². The highest BCUT2D eigenvalue weighted by molar-refractivity contribution is 7.80. The number of thiol groups is 1. The van der Waals surface area contributed by atoms with E-state index in [4.69, 9.17) is 0 Å². The first-order valence-corrected chi connectivity index (χ1v) is 5.21. The highest BCUT2D eigenvalue weighted by atomic mass is 32.1. The van der Waals surface area contributed by atoms with Gasteiger partial charge in [-0.2, -0.15) is 12.6 Å². The molecule has 0 aliphatic carbocycles. The third-order valence-electron chi connectivity index (χ3n) is 1.99. The van der Waals surface area contributed by atoms with Crippen LogP contribution < -0.4 is 0 Å². The van der Waals surface area contributed by atoms with Crippen molar-refractivity contribution in [1.82, 2.24) is 0 Å². The maximum atomic E-state index is 4.19. The second kappa shape index (κ2) is 8.19. The Hall–Kier alpha value is 0.0900. The number of rotatable bonds is 7. The summed E-state index contributed by atoms with van der Waals surface area (Å²) in [4.78, 5) is 0. The summed E-state index contributed by atoms with van der Waals surface area (Å²) in [6, 6.07) is 0. The predicted molar refractivity (Wildman–Crippen MR) is 56.3 cm³/mol. The lowest BCUT2D eigenvalue weighted by atomic mass is 9.97. The molecule has 0 N–H and O–H groups in total. The fourth-order valence-corrected chi connectivity index (χ4v) is 1.38. The lowest BCUT2D eigenvalue weighted by molar-refractivity contribution is 0.515. The lowest BCUT2D eigenvalue weighted by Crippen LogP contribution is -1.96. The van der Waals surface area contributed by atoms with Gasteiger partial charge >= 0.3 is 0 Å². The first-order chi connectivity index (χ1) is 5.35. The Morgan fingerprint density at radius 2 is 2.00 bits per heavy atom. The molecule has 0 saturated heterocycles. The van der Waals surface area contributed by atoms with Crippen molar-refractivity contribution in [1.29, 1.82) is 0 Å². The van der Waals surface area contributed by atoms with Gasteiger partial charge in [0.2, 0.25) is 0 Å². The number of hydrogen-bond donors (Lipinski definition) is 1. The molecule has 0 bridgehead atoms. The van der Waals surface area contributed by atoms with Gasteiger partial charge in [0, 0.05) is 0 Å². The smallest absolute Gasteiger partial charge is 0.00977 e. The van der Waals surface area contributed by atoms with Gasteiger partial charge in [0.1, 0.15) is 0 Å². The van der Waals surface area contributed by atoms with Crippen molar-refractivity contribution in [2.24, 2.45) is 5.92 Å². The lowest BCUT2D eigenvalue weighted by Gasteiger charge is -2.09. The van der Waals surface area contributed by atoms with Gasteiger partial charge in [-0.1, -0.05) is 25.8 Å². The Morgan fingerprint density at radius 3 is 2.45 bits per heavy atom. The SMILES string of the molecule is C=CC(CCCC)CCCS. The van der Waals surface area contributed by atoms with Gasteiger partial charge in [-0.25, -0.2) is 0 Å². The van der Waals surface area contributed by atoms with Crippen LogP contribution in [0.5, 0.6) is 0 Å². The molecule has 11 heavy (non-hydrogen) atoms. The molecule has 1 atom stereocenters. The van der Waals surface area contributed by atoms with E-state index in [0.29, 0.717) is 0 Å². The van der Waals surface area contributed by atoms with Gasteiger partial charge in [0.05, 0.1) is 0 Å². The molecule has 0 aromatic carbocycles. The molecule has 0 amide bonds. The van der Waals surface area contributed by atoms with E-state index >= 15 is 0 Å². The van der Waals surface area contributed by atoms with Gasteiger partial charge in [-0.15, -0.1) is 6.58 Å². The fourth-order valence-electron chi connectivity index (χ4n) is 1.20. The predicted octanol–water partition coefficient (Wildman–Crippen LogP) is 3.69. The van der Waals surface area contributed by atoms with Crippen molar-refractivity contribution in [3.63, 3.8) is 0 Å². The van der Waals surface area contributed by atoms with Gasteiger partial charge in [-0.3, -0.25) is 0 Å². The molecule has 1 heteroatoms. The quantitative estimate of drug-likeness (QED) is 0.439. The van der Waals surface area contributed by atoms with E-state index in [9.17, 15) is 0 Å². The fraction of sp³-hybridized carbons (Fsp3) is 0.800. The van der Waals surface area contributed by atoms with Crippen LogP contribution in [0.15, 0.2) is 12.7 Å². The van der Waals surface area contributed by atoms with Gasteiger partial charge in [0.25, 0.3) is 0 Å². The van der Waals surface area contributed by atoms with Crippen LogP contribution in [0.1, 0.15) is 39.0 Å². The average molecular weight is 172 g/mol. The molecule has 0 heterocycles. The molecule has 0 nitrogen and oxygen atoms in total. The maximum absolute atomic E-state index is 4.19. The molecule has 0 fully saturated rings. The van der Waals surface area contributed by atoms with Crippen LogP contribution in [0, 0.1) is 5.92 Å². The maximum Gasteiger partial charge on any atom is -0.00977 e. The zero-order valence-corrected chi connectivity index (χ0v) is 8.45. The highest BCUT2D eigenvalue weighted by Crippen LogP contribution is 2.15. The monoisotopic (exact) mass is 172 g/mol. The Bertz CT molecular complexity index is 80.9. The van der Waals surface area contributed by atoms with Crippen molar-refractivity contribution < 1.29 is 0 Å². The zero-order chi connectivity index (χ0) is 8.53. The van der Waals surface area contributed by atoms with Crippen molar-refractivity contribution in [2.45, 2.75) is 39.0 Å². The van der Waals surface area contributed by atoms with Gasteiger partial charge in [-0.05, 0) is 30.9 Å². The van der Waals surface area contributed by atoms with Crippen molar-refractivity contribution in [3.8, 4) is 0 Å². The molecule has 0 radical (unpaired) electrons. The van der Waals surface area contributed by atoms with Gasteiger partial charge in [0.15, 0.2) is 0 Å². The van der Waals surface area contributed by atoms with E-state index in [-0.39, 0.29) is 0 Å². The molecule has 1 unspecified atom stereocenters. The Labute approximate surface area is 76.5 Å². The molecule has 0 aromatic heterocycles. The number of allylic oxidation sites excluding steroid dienone is 1. The highest BCUT2D eigenvalue weighted by Gasteiger charge is 2.01. The molecule has 0 saturated carbocycles. The molecule has 0 aromatic rings. The average Bonchev–Trinajstić information content (AvgIpc) is 2.05. The molecule has 66 valence electrons. The van der Waals surface area contributed by atoms with E-state index in [2.05, 4.69) is 32.2 Å². The van der Waals surface area contributed by atoms with Crippen molar-refractivity contribution in [3.05, 3.63) is 12.7 Å². The third-order valence-corrected chi connectivity index (χ3v) is 2.31. The first kappa shape index (κ1) is 11.1. The zero-order valence-electron chi connectivity index (χ0n) is 7.55. The van der Waals surface area contributed by atoms with Crippen LogP contribution >= 0.6 is 12.6 Å². The largest absolute Gasteiger partial charge is 0.179 e. The molecule has 0 spiro atoms. The van der Waals surface area contributed by atoms with Crippen LogP contribution in [0.3, 0.4) is 0 Å². The van der Waals surface area contributed by atoms with E-state index < -0.39 is 0 Å². The normalized spacial score (nSPS) is 12.9. The summed E-state index contributed by atoms with van der Waals surface area (Å²) in [7, 11) is 0. The Morgan fingerprint density at radius 1 is 1.36 bits per heavy atom. The Kier molecular flexibility index (Phi) is 8.26. The summed E-state index contributed by atoms with van der Waals surface area (Å²) in [6.07, 6.45) is 8.54. The van der Waals surface area contributed by atoms with E-state index in [0.717, 1.165) is 11.7 Å². The summed E-state index contributed by atoms with van der Waals surface area (Å²) in [5.74, 6) is 1.75. The molecule has 0 aliphatic heterocycles. The minimum Gasteiger partial charge on any atom is -0.179 e. The van der Waals surface area contributed by atoms with Crippen LogP contribution in [-0.2, 0) is 0 Å². The van der Waals surface area contributed by atoms with Crippen LogP contribution in [-0.4, -0.2) is 5.75 Å². The van der Waals surface area contributed by atoms with Crippen LogP contribution in [0.25, 0.3) is 0 Å². The molecular formula is C10H20S. The first-order valence-electron chi connectivity index (χ1n) is 4.58. The summed E-state index contributed by atoms with van der Waals surface area (Å²) in [5.41, 5.74) is 0. The number of unbranched alkanes of at least 4 members (excludes halogenated alkanes) is 1.